The summed E-state index contributed by atoms with van der Waals surface area (Å²) in [6, 6.07) is 21.9. The fourth-order valence-electron chi connectivity index (χ4n) is 3.50. The van der Waals surface area contributed by atoms with Crippen LogP contribution in [0.1, 0.15) is 21.5 Å². The number of nitrogens with zero attached hydrogens (tertiary/aromatic N) is 2. The lowest BCUT2D eigenvalue weighted by atomic mass is 10.0. The van der Waals surface area contributed by atoms with Gasteiger partial charge in [-0.2, -0.15) is 4.99 Å². The monoisotopic (exact) mass is 506 g/mol. The number of amides is 1. The van der Waals surface area contributed by atoms with Crippen molar-refractivity contribution in [3.05, 3.63) is 92.7 Å². The first-order valence-corrected chi connectivity index (χ1v) is 11.8. The third-order valence-electron chi connectivity index (χ3n) is 5.44. The Labute approximate surface area is 200 Å². The first kappa shape index (κ1) is 22.2. The zero-order valence-corrected chi connectivity index (χ0v) is 20.8. The van der Waals surface area contributed by atoms with Gasteiger partial charge >= 0.3 is 0 Å². The van der Waals surface area contributed by atoms with Crippen LogP contribution in [-0.4, -0.2) is 17.6 Å². The van der Waals surface area contributed by atoms with E-state index in [1.807, 2.05) is 29.8 Å². The number of rotatable bonds is 4. The summed E-state index contributed by atoms with van der Waals surface area (Å²) in [5, 5.41) is 0. The SMILES string of the molecule is COc1ccc(C(=O)N=c2sc(-c3ccccc3)c(-c3ccc(C)c(C)c3)n2C)cc1Br. The number of thiazole rings is 1. The van der Waals surface area contributed by atoms with Crippen molar-refractivity contribution in [2.24, 2.45) is 12.0 Å². The lowest BCUT2D eigenvalue weighted by Crippen LogP contribution is -2.14. The predicted octanol–water partition coefficient (Wildman–Crippen LogP) is 6.55. The van der Waals surface area contributed by atoms with E-state index in [2.05, 4.69) is 65.1 Å². The van der Waals surface area contributed by atoms with Gasteiger partial charge in [-0.1, -0.05) is 53.8 Å². The predicted molar refractivity (Wildman–Crippen MR) is 134 cm³/mol. The summed E-state index contributed by atoms with van der Waals surface area (Å²) in [5.41, 5.74) is 6.23. The molecule has 0 saturated carbocycles. The number of methoxy groups -OCH3 is 1. The maximum absolute atomic E-state index is 13.0. The number of hydrogen-bond acceptors (Lipinski definition) is 3. The summed E-state index contributed by atoms with van der Waals surface area (Å²) in [5.74, 6) is 0.378. The van der Waals surface area contributed by atoms with Crippen LogP contribution in [0.3, 0.4) is 0 Å². The van der Waals surface area contributed by atoms with E-state index in [1.165, 1.54) is 22.5 Å². The third-order valence-corrected chi connectivity index (χ3v) is 7.24. The van der Waals surface area contributed by atoms with Crippen LogP contribution in [0.15, 0.2) is 76.2 Å². The molecule has 4 aromatic rings. The van der Waals surface area contributed by atoms with E-state index < -0.39 is 0 Å². The van der Waals surface area contributed by atoms with Crippen LogP contribution in [0, 0.1) is 13.8 Å². The van der Waals surface area contributed by atoms with Crippen LogP contribution in [0.4, 0.5) is 0 Å². The van der Waals surface area contributed by atoms with E-state index in [4.69, 9.17) is 4.74 Å². The summed E-state index contributed by atoms with van der Waals surface area (Å²) in [7, 11) is 3.56. The molecule has 0 aliphatic heterocycles. The van der Waals surface area contributed by atoms with Crippen molar-refractivity contribution in [3.8, 4) is 27.4 Å². The second-order valence-electron chi connectivity index (χ2n) is 7.55. The first-order valence-electron chi connectivity index (χ1n) is 10.1. The van der Waals surface area contributed by atoms with Crippen molar-refractivity contribution in [2.75, 3.05) is 7.11 Å². The Morgan fingerprint density at radius 3 is 2.38 bits per heavy atom. The Morgan fingerprint density at radius 2 is 1.72 bits per heavy atom. The van der Waals surface area contributed by atoms with E-state index in [-0.39, 0.29) is 5.91 Å². The summed E-state index contributed by atoms with van der Waals surface area (Å²) in [6.07, 6.45) is 0. The Kier molecular flexibility index (Phi) is 6.44. The fraction of sp³-hybridized carbons (Fsp3) is 0.154. The van der Waals surface area contributed by atoms with Crippen molar-refractivity contribution in [1.82, 2.24) is 4.57 Å². The molecule has 4 nitrogen and oxygen atoms in total. The minimum absolute atomic E-state index is 0.295. The van der Waals surface area contributed by atoms with Gasteiger partial charge in [-0.15, -0.1) is 0 Å². The normalized spacial score (nSPS) is 11.6. The van der Waals surface area contributed by atoms with Crippen LogP contribution >= 0.6 is 27.3 Å². The van der Waals surface area contributed by atoms with Crippen molar-refractivity contribution in [3.63, 3.8) is 0 Å². The van der Waals surface area contributed by atoms with Crippen LogP contribution in [0.25, 0.3) is 21.7 Å². The van der Waals surface area contributed by atoms with Crippen molar-refractivity contribution < 1.29 is 9.53 Å². The zero-order chi connectivity index (χ0) is 22.8. The highest BCUT2D eigenvalue weighted by atomic mass is 79.9. The standard InChI is InChI=1S/C26H23BrN2O2S/c1-16-10-11-19(14-17(16)2)23-24(18-8-6-5-7-9-18)32-26(29(23)3)28-25(30)20-12-13-22(31-4)21(27)15-20/h5-15H,1-4H3. The Balaban J connectivity index is 1.88. The van der Waals surface area contributed by atoms with Gasteiger partial charge in [-0.05, 0) is 76.3 Å². The summed E-state index contributed by atoms with van der Waals surface area (Å²) in [6.45, 7) is 4.22. The maximum Gasteiger partial charge on any atom is 0.279 e. The smallest absolute Gasteiger partial charge is 0.279 e. The molecule has 0 unspecified atom stereocenters. The lowest BCUT2D eigenvalue weighted by Gasteiger charge is -2.09. The van der Waals surface area contributed by atoms with Crippen molar-refractivity contribution in [1.29, 1.82) is 0 Å². The average Bonchev–Trinajstić information content (AvgIpc) is 3.12. The molecule has 0 atom stereocenters. The molecule has 0 radical (unpaired) electrons. The van der Waals surface area contributed by atoms with E-state index in [9.17, 15) is 4.79 Å². The maximum atomic E-state index is 13.0. The Morgan fingerprint density at radius 1 is 0.969 bits per heavy atom. The highest BCUT2D eigenvalue weighted by molar-refractivity contribution is 9.10. The van der Waals surface area contributed by atoms with Gasteiger partial charge in [0.25, 0.3) is 5.91 Å². The summed E-state index contributed by atoms with van der Waals surface area (Å²) < 4.78 is 7.99. The molecule has 0 aliphatic carbocycles. The fourth-order valence-corrected chi connectivity index (χ4v) is 5.19. The minimum Gasteiger partial charge on any atom is -0.496 e. The van der Waals surface area contributed by atoms with Gasteiger partial charge in [0.1, 0.15) is 5.75 Å². The molecule has 0 bridgehead atoms. The van der Waals surface area contributed by atoms with Crippen LogP contribution in [0.5, 0.6) is 5.75 Å². The van der Waals surface area contributed by atoms with Crippen molar-refractivity contribution >= 4 is 33.2 Å². The minimum atomic E-state index is -0.295. The first-order chi connectivity index (χ1) is 15.4. The highest BCUT2D eigenvalue weighted by Crippen LogP contribution is 2.35. The van der Waals surface area contributed by atoms with Crippen LogP contribution in [-0.2, 0) is 7.05 Å². The van der Waals surface area contributed by atoms with Gasteiger partial charge in [0.05, 0.1) is 22.2 Å². The molecule has 0 N–H and O–H groups in total. The molecule has 162 valence electrons. The number of carbonyl (C=O) groups excluding carboxylic acids is 1. The van der Waals surface area contributed by atoms with Crippen molar-refractivity contribution in [2.45, 2.75) is 13.8 Å². The van der Waals surface area contributed by atoms with E-state index in [0.717, 1.165) is 26.2 Å². The topological polar surface area (TPSA) is 43.6 Å². The Bertz CT molecular complexity index is 1370. The number of benzene rings is 3. The average molecular weight is 507 g/mol. The molecule has 6 heteroatoms. The van der Waals surface area contributed by atoms with Crippen LogP contribution in [0.2, 0.25) is 0 Å². The molecule has 1 aromatic heterocycles. The van der Waals surface area contributed by atoms with Gasteiger partial charge in [-0.3, -0.25) is 4.79 Å². The Hall–Kier alpha value is -2.96. The van der Waals surface area contributed by atoms with Gasteiger partial charge in [0.15, 0.2) is 4.80 Å². The number of aromatic nitrogens is 1. The molecule has 0 saturated heterocycles. The summed E-state index contributed by atoms with van der Waals surface area (Å²) >= 11 is 4.96. The van der Waals surface area contributed by atoms with Gasteiger partial charge < -0.3 is 9.30 Å². The molecular formula is C26H23BrN2O2S. The van der Waals surface area contributed by atoms with E-state index in [0.29, 0.717) is 16.1 Å². The lowest BCUT2D eigenvalue weighted by molar-refractivity contribution is 0.0998. The molecule has 4 rings (SSSR count). The van der Waals surface area contributed by atoms with Gasteiger partial charge in [0, 0.05) is 12.6 Å². The molecule has 3 aromatic carbocycles. The number of carbonyl (C=O) groups is 1. The molecule has 1 heterocycles. The number of halogens is 1. The quantitative estimate of drug-likeness (QED) is 0.315. The second-order valence-corrected chi connectivity index (χ2v) is 9.38. The third kappa shape index (κ3) is 4.33. The van der Waals surface area contributed by atoms with Crippen LogP contribution < -0.4 is 9.54 Å². The largest absolute Gasteiger partial charge is 0.496 e. The van der Waals surface area contributed by atoms with E-state index in [1.54, 1.807) is 25.3 Å². The second kappa shape index (κ2) is 9.27. The van der Waals surface area contributed by atoms with Gasteiger partial charge in [0.2, 0.25) is 0 Å². The number of ether oxygens (including phenoxy) is 1. The summed E-state index contributed by atoms with van der Waals surface area (Å²) in [4.78, 5) is 19.2. The van der Waals surface area contributed by atoms with Gasteiger partial charge in [-0.25, -0.2) is 0 Å². The number of aryl methyl sites for hydroxylation is 2. The molecular weight excluding hydrogens is 484 g/mol. The zero-order valence-electron chi connectivity index (χ0n) is 18.3. The highest BCUT2D eigenvalue weighted by Gasteiger charge is 2.17. The van der Waals surface area contributed by atoms with E-state index >= 15 is 0 Å². The molecule has 0 aliphatic rings. The molecule has 1 amide bonds. The molecule has 32 heavy (non-hydrogen) atoms. The molecule has 0 spiro atoms. The number of hydrogen-bond donors (Lipinski definition) is 0. The molecule has 0 fully saturated rings.